The second kappa shape index (κ2) is 9.49. The van der Waals surface area contributed by atoms with Gasteiger partial charge in [0.1, 0.15) is 5.82 Å². The summed E-state index contributed by atoms with van der Waals surface area (Å²) in [4.78, 5) is 22.0. The number of aryl methyl sites for hydroxylation is 1. The van der Waals surface area contributed by atoms with Gasteiger partial charge in [0.05, 0.1) is 22.5 Å². The molecule has 0 atom stereocenters. The van der Waals surface area contributed by atoms with E-state index in [2.05, 4.69) is 15.2 Å². The third-order valence-electron chi connectivity index (χ3n) is 5.62. The molecule has 1 aromatic heterocycles. The van der Waals surface area contributed by atoms with Gasteiger partial charge in [0.15, 0.2) is 5.88 Å². The van der Waals surface area contributed by atoms with Crippen molar-refractivity contribution in [3.8, 4) is 5.88 Å². The SMILES string of the molecule is CNC(=O)c1ccc(C(=Nc2ccc(CN(C)C)cc2)c2c(O)[nH]c3cc(F)ccc23)c(C)c1. The van der Waals surface area contributed by atoms with Crippen molar-refractivity contribution in [2.45, 2.75) is 13.5 Å². The normalized spacial score (nSPS) is 11.9. The number of aromatic nitrogens is 1. The Balaban J connectivity index is 1.90. The summed E-state index contributed by atoms with van der Waals surface area (Å²) in [5.41, 5.74) is 5.44. The van der Waals surface area contributed by atoms with Crippen LogP contribution in [0.1, 0.15) is 32.6 Å². The van der Waals surface area contributed by atoms with E-state index in [0.29, 0.717) is 33.4 Å². The van der Waals surface area contributed by atoms with E-state index in [0.717, 1.165) is 23.2 Å². The lowest BCUT2D eigenvalue weighted by Gasteiger charge is -2.13. The van der Waals surface area contributed by atoms with Crippen LogP contribution in [0.15, 0.2) is 65.7 Å². The van der Waals surface area contributed by atoms with Crippen LogP contribution in [0.5, 0.6) is 5.88 Å². The predicted molar refractivity (Wildman–Crippen MR) is 134 cm³/mol. The molecule has 0 saturated heterocycles. The number of nitrogens with zero attached hydrogens (tertiary/aromatic N) is 2. The molecule has 174 valence electrons. The fourth-order valence-electron chi connectivity index (χ4n) is 4.03. The summed E-state index contributed by atoms with van der Waals surface area (Å²) in [6.07, 6.45) is 0. The number of hydrogen-bond acceptors (Lipinski definition) is 4. The molecule has 0 fully saturated rings. The Labute approximate surface area is 197 Å². The quantitative estimate of drug-likeness (QED) is 0.359. The molecule has 0 unspecified atom stereocenters. The number of aliphatic imine (C=N–C) groups is 1. The summed E-state index contributed by atoms with van der Waals surface area (Å²) >= 11 is 0. The first-order chi connectivity index (χ1) is 16.3. The average Bonchev–Trinajstić information content (AvgIpc) is 3.12. The Bertz CT molecular complexity index is 1390. The van der Waals surface area contributed by atoms with E-state index >= 15 is 0 Å². The third kappa shape index (κ3) is 4.70. The predicted octanol–water partition coefficient (Wildman–Crippen LogP) is 4.91. The lowest BCUT2D eigenvalue weighted by molar-refractivity contribution is 0.0963. The van der Waals surface area contributed by atoms with Crippen molar-refractivity contribution in [1.29, 1.82) is 0 Å². The lowest BCUT2D eigenvalue weighted by Crippen LogP contribution is -2.18. The van der Waals surface area contributed by atoms with Crippen LogP contribution in [-0.2, 0) is 6.54 Å². The van der Waals surface area contributed by atoms with E-state index in [9.17, 15) is 14.3 Å². The molecule has 3 aromatic carbocycles. The Morgan fingerprint density at radius 2 is 1.82 bits per heavy atom. The first-order valence-corrected chi connectivity index (χ1v) is 10.9. The number of aromatic hydroxyl groups is 1. The van der Waals surface area contributed by atoms with Gasteiger partial charge in [0.25, 0.3) is 5.91 Å². The second-order valence-electron chi connectivity index (χ2n) is 8.51. The number of carbonyl (C=O) groups is 1. The molecule has 0 bridgehead atoms. The molecule has 0 spiro atoms. The molecular weight excluding hydrogens is 431 g/mol. The van der Waals surface area contributed by atoms with Crippen molar-refractivity contribution in [3.63, 3.8) is 0 Å². The van der Waals surface area contributed by atoms with Crippen molar-refractivity contribution in [1.82, 2.24) is 15.2 Å². The van der Waals surface area contributed by atoms with E-state index < -0.39 is 5.82 Å². The fraction of sp³-hybridized carbons (Fsp3) is 0.185. The molecule has 0 aliphatic rings. The molecule has 4 aromatic rings. The fourth-order valence-corrected chi connectivity index (χ4v) is 4.03. The van der Waals surface area contributed by atoms with Crippen molar-refractivity contribution in [2.75, 3.05) is 21.1 Å². The maximum absolute atomic E-state index is 13.8. The average molecular weight is 459 g/mol. The zero-order valence-corrected chi connectivity index (χ0v) is 19.6. The molecule has 6 nitrogen and oxygen atoms in total. The highest BCUT2D eigenvalue weighted by Crippen LogP contribution is 2.33. The molecule has 0 saturated carbocycles. The van der Waals surface area contributed by atoms with Gasteiger partial charge in [0, 0.05) is 30.1 Å². The standard InChI is InChI=1S/C27H27FN4O2/c1-16-13-18(26(33)29-2)7-11-21(16)25(30-20-9-5-17(6-10-20)15-32(3)4)24-22-12-8-19(28)14-23(22)31-27(24)34/h5-14,31,34H,15H2,1-4H3,(H,29,33). The summed E-state index contributed by atoms with van der Waals surface area (Å²) < 4.78 is 13.8. The summed E-state index contributed by atoms with van der Waals surface area (Å²) in [7, 11) is 5.61. The molecule has 3 N–H and O–H groups in total. The maximum Gasteiger partial charge on any atom is 0.251 e. The summed E-state index contributed by atoms with van der Waals surface area (Å²) in [5, 5.41) is 14.1. The minimum Gasteiger partial charge on any atom is -0.494 e. The van der Waals surface area contributed by atoms with E-state index in [1.54, 1.807) is 25.2 Å². The molecule has 1 heterocycles. The van der Waals surface area contributed by atoms with Crippen LogP contribution >= 0.6 is 0 Å². The van der Waals surface area contributed by atoms with Crippen molar-refractivity contribution in [3.05, 3.63) is 94.3 Å². The number of H-pyrrole nitrogens is 1. The van der Waals surface area contributed by atoms with Gasteiger partial charge in [-0.05, 0) is 74.6 Å². The Morgan fingerprint density at radius 1 is 1.09 bits per heavy atom. The van der Waals surface area contributed by atoms with Gasteiger partial charge < -0.3 is 20.3 Å². The summed E-state index contributed by atoms with van der Waals surface area (Å²) in [5.74, 6) is -0.685. The first kappa shape index (κ1) is 23.2. The Kier molecular flexibility index (Phi) is 6.47. The largest absolute Gasteiger partial charge is 0.494 e. The van der Waals surface area contributed by atoms with Gasteiger partial charge in [-0.3, -0.25) is 4.79 Å². The van der Waals surface area contributed by atoms with Crippen molar-refractivity contribution >= 4 is 28.2 Å². The molecule has 0 aliphatic heterocycles. The summed E-state index contributed by atoms with van der Waals surface area (Å²) in [6, 6.07) is 17.5. The molecule has 0 aliphatic carbocycles. The van der Waals surface area contributed by atoms with Gasteiger partial charge in [-0.1, -0.05) is 18.2 Å². The highest BCUT2D eigenvalue weighted by Gasteiger charge is 2.21. The van der Waals surface area contributed by atoms with Crippen LogP contribution in [0, 0.1) is 12.7 Å². The molecular formula is C27H27FN4O2. The minimum atomic E-state index is -0.401. The third-order valence-corrected chi connectivity index (χ3v) is 5.62. The monoisotopic (exact) mass is 458 g/mol. The van der Waals surface area contributed by atoms with Crippen LogP contribution in [0.3, 0.4) is 0 Å². The minimum absolute atomic E-state index is 0.0987. The maximum atomic E-state index is 13.8. The Hall–Kier alpha value is -3.97. The number of hydrogen-bond donors (Lipinski definition) is 3. The number of aromatic amines is 1. The lowest BCUT2D eigenvalue weighted by atomic mass is 9.95. The van der Waals surface area contributed by atoms with Gasteiger partial charge in [-0.15, -0.1) is 0 Å². The highest BCUT2D eigenvalue weighted by atomic mass is 19.1. The number of fused-ring (bicyclic) bond motifs is 1. The molecule has 7 heteroatoms. The van der Waals surface area contributed by atoms with E-state index in [4.69, 9.17) is 4.99 Å². The van der Waals surface area contributed by atoms with Crippen LogP contribution < -0.4 is 5.32 Å². The van der Waals surface area contributed by atoms with Crippen molar-refractivity contribution in [2.24, 2.45) is 4.99 Å². The van der Waals surface area contributed by atoms with E-state index in [-0.39, 0.29) is 11.8 Å². The number of rotatable bonds is 6. The van der Waals surface area contributed by atoms with Gasteiger partial charge >= 0.3 is 0 Å². The number of halogens is 1. The van der Waals surface area contributed by atoms with E-state index in [1.165, 1.54) is 12.1 Å². The number of nitrogens with one attached hydrogen (secondary N) is 2. The van der Waals surface area contributed by atoms with Gasteiger partial charge in [0.2, 0.25) is 0 Å². The highest BCUT2D eigenvalue weighted by molar-refractivity contribution is 6.22. The second-order valence-corrected chi connectivity index (χ2v) is 8.51. The molecule has 1 amide bonds. The number of benzene rings is 3. The number of carbonyl (C=O) groups excluding carboxylic acids is 1. The van der Waals surface area contributed by atoms with Gasteiger partial charge in [-0.25, -0.2) is 9.38 Å². The van der Waals surface area contributed by atoms with Crippen LogP contribution in [-0.4, -0.2) is 47.8 Å². The smallest absolute Gasteiger partial charge is 0.251 e. The van der Waals surface area contributed by atoms with Crippen LogP contribution in [0.25, 0.3) is 10.9 Å². The van der Waals surface area contributed by atoms with E-state index in [1.807, 2.05) is 51.4 Å². The molecule has 0 radical (unpaired) electrons. The molecule has 4 rings (SSSR count). The first-order valence-electron chi connectivity index (χ1n) is 10.9. The van der Waals surface area contributed by atoms with Gasteiger partial charge in [-0.2, -0.15) is 0 Å². The number of amides is 1. The zero-order valence-electron chi connectivity index (χ0n) is 19.6. The zero-order chi connectivity index (χ0) is 24.4. The Morgan fingerprint density at radius 3 is 2.47 bits per heavy atom. The topological polar surface area (TPSA) is 80.7 Å². The summed E-state index contributed by atoms with van der Waals surface area (Å²) in [6.45, 7) is 2.70. The van der Waals surface area contributed by atoms with Crippen molar-refractivity contribution < 1.29 is 14.3 Å². The van der Waals surface area contributed by atoms with Crippen LogP contribution in [0.2, 0.25) is 0 Å². The molecule has 34 heavy (non-hydrogen) atoms. The van der Waals surface area contributed by atoms with Crippen LogP contribution in [0.4, 0.5) is 10.1 Å².